The molecule has 0 spiro atoms. The third kappa shape index (κ3) is 3.70. The molecular weight excluding hydrogens is 358 g/mol. The largest absolute Gasteiger partial charge is 0.354 e. The van der Waals surface area contributed by atoms with Gasteiger partial charge in [-0.25, -0.2) is 4.98 Å². The smallest absolute Gasteiger partial charge is 0.232 e. The van der Waals surface area contributed by atoms with Crippen LogP contribution in [0.3, 0.4) is 0 Å². The Morgan fingerprint density at radius 2 is 1.55 bits per heavy atom. The molecule has 0 N–H and O–H groups in total. The highest BCUT2D eigenvalue weighted by Crippen LogP contribution is 2.34. The van der Waals surface area contributed by atoms with Crippen molar-refractivity contribution in [3.63, 3.8) is 0 Å². The molecule has 1 saturated heterocycles. The summed E-state index contributed by atoms with van der Waals surface area (Å²) in [6.07, 6.45) is 2.25. The fourth-order valence-corrected chi connectivity index (χ4v) is 4.24. The van der Waals surface area contributed by atoms with Crippen LogP contribution in [0.4, 0.5) is 17.5 Å². The van der Waals surface area contributed by atoms with Crippen molar-refractivity contribution in [1.29, 1.82) is 0 Å². The summed E-state index contributed by atoms with van der Waals surface area (Å²) < 4.78 is 0. The van der Waals surface area contributed by atoms with Gasteiger partial charge in [0.25, 0.3) is 0 Å². The number of para-hydroxylation sites is 1. The van der Waals surface area contributed by atoms with Crippen molar-refractivity contribution in [3.8, 4) is 11.3 Å². The van der Waals surface area contributed by atoms with E-state index in [-0.39, 0.29) is 0 Å². The zero-order valence-corrected chi connectivity index (χ0v) is 17.0. The molecule has 0 atom stereocenters. The first kappa shape index (κ1) is 18.1. The second-order valence-electron chi connectivity index (χ2n) is 7.95. The molecule has 3 aromatic rings. The molecule has 0 radical (unpaired) electrons. The molecule has 5 nitrogen and oxygen atoms in total. The van der Waals surface area contributed by atoms with E-state index in [4.69, 9.17) is 9.97 Å². The molecule has 3 heterocycles. The quantitative estimate of drug-likeness (QED) is 0.681. The van der Waals surface area contributed by atoms with Crippen LogP contribution in [-0.4, -0.2) is 54.6 Å². The van der Waals surface area contributed by atoms with Crippen LogP contribution in [-0.2, 0) is 6.42 Å². The standard InChI is InChI=1S/C24H27N5/c1-27-14-16-28(17-15-27)23-18-21(19-8-3-2-4-9-19)25-24(26-23)29-13-7-11-20-10-5-6-12-22(20)29/h2-6,8-10,12,18H,7,11,13-17H2,1H3. The average Bonchev–Trinajstić information content (AvgIpc) is 2.79. The molecule has 0 unspecified atom stereocenters. The summed E-state index contributed by atoms with van der Waals surface area (Å²) in [6.45, 7) is 5.08. The topological polar surface area (TPSA) is 35.5 Å². The van der Waals surface area contributed by atoms with Crippen LogP contribution < -0.4 is 9.80 Å². The maximum Gasteiger partial charge on any atom is 0.232 e. The van der Waals surface area contributed by atoms with Crippen molar-refractivity contribution in [1.82, 2.24) is 14.9 Å². The summed E-state index contributed by atoms with van der Waals surface area (Å²) in [6, 6.07) is 21.3. The van der Waals surface area contributed by atoms with Gasteiger partial charge in [-0.2, -0.15) is 4.98 Å². The lowest BCUT2D eigenvalue weighted by Gasteiger charge is -2.34. The number of nitrogens with zero attached hydrogens (tertiary/aromatic N) is 5. The molecule has 5 rings (SSSR count). The number of hydrogen-bond acceptors (Lipinski definition) is 5. The summed E-state index contributed by atoms with van der Waals surface area (Å²) in [5.41, 5.74) is 4.76. The number of rotatable bonds is 3. The minimum Gasteiger partial charge on any atom is -0.354 e. The number of aryl methyl sites for hydroxylation is 1. The Balaban J connectivity index is 1.59. The van der Waals surface area contributed by atoms with E-state index in [1.165, 1.54) is 11.3 Å². The first-order chi connectivity index (χ1) is 14.3. The van der Waals surface area contributed by atoms with Gasteiger partial charge < -0.3 is 14.7 Å². The van der Waals surface area contributed by atoms with Crippen LogP contribution in [0.2, 0.25) is 0 Å². The van der Waals surface area contributed by atoms with Gasteiger partial charge in [0.05, 0.1) is 5.69 Å². The SMILES string of the molecule is CN1CCN(c2cc(-c3ccccc3)nc(N3CCCc4ccccc43)n2)CC1. The summed E-state index contributed by atoms with van der Waals surface area (Å²) in [4.78, 5) is 17.1. The Bertz CT molecular complexity index is 980. The Morgan fingerprint density at radius 3 is 2.38 bits per heavy atom. The Labute approximate surface area is 172 Å². The van der Waals surface area contributed by atoms with Crippen molar-refractivity contribution in [2.75, 3.05) is 49.6 Å². The minimum atomic E-state index is 0.812. The van der Waals surface area contributed by atoms with Crippen molar-refractivity contribution in [2.24, 2.45) is 0 Å². The number of anilines is 3. The highest BCUT2D eigenvalue weighted by molar-refractivity contribution is 5.69. The van der Waals surface area contributed by atoms with E-state index in [9.17, 15) is 0 Å². The third-order valence-corrected chi connectivity index (χ3v) is 5.95. The molecule has 1 fully saturated rings. The van der Waals surface area contributed by atoms with Gasteiger partial charge in [0.1, 0.15) is 5.82 Å². The normalized spacial score (nSPS) is 17.3. The predicted octanol–water partition coefficient (Wildman–Crippen LogP) is 3.98. The molecule has 2 aliphatic rings. The number of aromatic nitrogens is 2. The predicted molar refractivity (Wildman–Crippen MR) is 119 cm³/mol. The number of benzene rings is 2. The summed E-state index contributed by atoms with van der Waals surface area (Å²) >= 11 is 0. The second kappa shape index (κ2) is 7.84. The summed E-state index contributed by atoms with van der Waals surface area (Å²) in [7, 11) is 2.18. The van der Waals surface area contributed by atoms with E-state index in [1.807, 2.05) is 6.07 Å². The molecule has 1 aromatic heterocycles. The van der Waals surface area contributed by atoms with Gasteiger partial charge in [-0.15, -0.1) is 0 Å². The van der Waals surface area contributed by atoms with Crippen molar-refractivity contribution in [3.05, 3.63) is 66.2 Å². The Morgan fingerprint density at radius 1 is 0.793 bits per heavy atom. The van der Waals surface area contributed by atoms with Gasteiger partial charge in [0, 0.05) is 50.0 Å². The van der Waals surface area contributed by atoms with Gasteiger partial charge in [-0.3, -0.25) is 0 Å². The monoisotopic (exact) mass is 385 g/mol. The van der Waals surface area contributed by atoms with Gasteiger partial charge in [-0.05, 0) is 31.5 Å². The van der Waals surface area contributed by atoms with Crippen LogP contribution in [0, 0.1) is 0 Å². The van der Waals surface area contributed by atoms with Gasteiger partial charge in [0.15, 0.2) is 0 Å². The van der Waals surface area contributed by atoms with Crippen LogP contribution in [0.1, 0.15) is 12.0 Å². The zero-order valence-electron chi connectivity index (χ0n) is 17.0. The molecule has 148 valence electrons. The van der Waals surface area contributed by atoms with E-state index < -0.39 is 0 Å². The highest BCUT2D eigenvalue weighted by Gasteiger charge is 2.23. The van der Waals surface area contributed by atoms with Crippen LogP contribution in [0.5, 0.6) is 0 Å². The van der Waals surface area contributed by atoms with Gasteiger partial charge in [0.2, 0.25) is 5.95 Å². The van der Waals surface area contributed by atoms with Gasteiger partial charge >= 0.3 is 0 Å². The molecule has 0 aliphatic carbocycles. The van der Waals surface area contributed by atoms with Crippen molar-refractivity contribution >= 4 is 17.5 Å². The molecule has 0 saturated carbocycles. The number of hydrogen-bond donors (Lipinski definition) is 0. The van der Waals surface area contributed by atoms with E-state index in [0.29, 0.717) is 0 Å². The molecule has 5 heteroatoms. The van der Waals surface area contributed by atoms with Crippen LogP contribution in [0.25, 0.3) is 11.3 Å². The first-order valence-corrected chi connectivity index (χ1v) is 10.5. The van der Waals surface area contributed by atoms with Crippen molar-refractivity contribution in [2.45, 2.75) is 12.8 Å². The van der Waals surface area contributed by atoms with E-state index >= 15 is 0 Å². The number of likely N-dealkylation sites (N-methyl/N-ethyl adjacent to an activating group) is 1. The van der Waals surface area contributed by atoms with Gasteiger partial charge in [-0.1, -0.05) is 48.5 Å². The van der Waals surface area contributed by atoms with Crippen LogP contribution >= 0.6 is 0 Å². The lowest BCUT2D eigenvalue weighted by Crippen LogP contribution is -2.45. The summed E-state index contributed by atoms with van der Waals surface area (Å²) in [5, 5.41) is 0. The number of fused-ring (bicyclic) bond motifs is 1. The third-order valence-electron chi connectivity index (χ3n) is 5.95. The lowest BCUT2D eigenvalue weighted by atomic mass is 10.0. The Kier molecular flexibility index (Phi) is 4.90. The second-order valence-corrected chi connectivity index (χ2v) is 7.95. The number of piperazine rings is 1. The van der Waals surface area contributed by atoms with E-state index in [1.54, 1.807) is 0 Å². The zero-order chi connectivity index (χ0) is 19.6. The van der Waals surface area contributed by atoms with Crippen LogP contribution in [0.15, 0.2) is 60.7 Å². The molecule has 29 heavy (non-hydrogen) atoms. The highest BCUT2D eigenvalue weighted by atomic mass is 15.3. The molecule has 2 aromatic carbocycles. The molecular formula is C24H27N5. The minimum absolute atomic E-state index is 0.812. The van der Waals surface area contributed by atoms with E-state index in [2.05, 4.69) is 76.3 Å². The van der Waals surface area contributed by atoms with E-state index in [0.717, 1.165) is 68.6 Å². The lowest BCUT2D eigenvalue weighted by molar-refractivity contribution is 0.312. The fraction of sp³-hybridized carbons (Fsp3) is 0.333. The fourth-order valence-electron chi connectivity index (χ4n) is 4.24. The maximum atomic E-state index is 5.05. The first-order valence-electron chi connectivity index (χ1n) is 10.5. The molecule has 2 aliphatic heterocycles. The Hall–Kier alpha value is -2.92. The molecule has 0 bridgehead atoms. The maximum absolute atomic E-state index is 5.05. The average molecular weight is 386 g/mol. The molecule has 0 amide bonds. The van der Waals surface area contributed by atoms with Crippen molar-refractivity contribution < 1.29 is 0 Å². The summed E-state index contributed by atoms with van der Waals surface area (Å²) in [5.74, 6) is 1.84.